The lowest BCUT2D eigenvalue weighted by Gasteiger charge is -2.28. The SMILES string of the molecule is CC(C)(C)OC(=O)N1C[C@@H]2C[C@H]1c1cncnc1O2. The molecular formula is C13H17N3O3. The van der Waals surface area contributed by atoms with E-state index < -0.39 is 5.60 Å². The van der Waals surface area contributed by atoms with Gasteiger partial charge in [0.25, 0.3) is 0 Å². The number of hydrogen-bond donors (Lipinski definition) is 0. The first-order valence-electron chi connectivity index (χ1n) is 6.40. The van der Waals surface area contributed by atoms with Crippen LogP contribution in [0.5, 0.6) is 5.88 Å². The van der Waals surface area contributed by atoms with Crippen molar-refractivity contribution >= 4 is 6.09 Å². The van der Waals surface area contributed by atoms with Crippen LogP contribution in [0.3, 0.4) is 0 Å². The summed E-state index contributed by atoms with van der Waals surface area (Å²) in [5.74, 6) is 0.585. The van der Waals surface area contributed by atoms with Gasteiger partial charge in [0.2, 0.25) is 5.88 Å². The Morgan fingerprint density at radius 1 is 1.53 bits per heavy atom. The van der Waals surface area contributed by atoms with Gasteiger partial charge in [0.15, 0.2) is 0 Å². The molecule has 0 N–H and O–H groups in total. The van der Waals surface area contributed by atoms with Crippen LogP contribution in [0.4, 0.5) is 4.79 Å². The van der Waals surface area contributed by atoms with Gasteiger partial charge in [0.1, 0.15) is 18.0 Å². The number of likely N-dealkylation sites (tertiary alicyclic amines) is 1. The topological polar surface area (TPSA) is 64.5 Å². The highest BCUT2D eigenvalue weighted by Crippen LogP contribution is 2.42. The minimum Gasteiger partial charge on any atom is -0.472 e. The molecule has 1 amide bonds. The molecule has 6 heteroatoms. The molecule has 0 spiro atoms. The number of carbonyl (C=O) groups excluding carboxylic acids is 1. The van der Waals surface area contributed by atoms with Crippen LogP contribution in [0.25, 0.3) is 0 Å². The van der Waals surface area contributed by atoms with Gasteiger partial charge < -0.3 is 9.47 Å². The third-order valence-corrected chi connectivity index (χ3v) is 3.23. The fourth-order valence-electron chi connectivity index (χ4n) is 2.51. The van der Waals surface area contributed by atoms with Crippen LogP contribution < -0.4 is 4.74 Å². The van der Waals surface area contributed by atoms with E-state index in [-0.39, 0.29) is 18.2 Å². The van der Waals surface area contributed by atoms with Gasteiger partial charge in [-0.1, -0.05) is 0 Å². The van der Waals surface area contributed by atoms with Crippen LogP contribution in [0.15, 0.2) is 12.5 Å². The predicted octanol–water partition coefficient (Wildman–Crippen LogP) is 1.92. The lowest BCUT2D eigenvalue weighted by atomic mass is 10.0. The number of ether oxygens (including phenoxy) is 2. The average molecular weight is 263 g/mol. The standard InChI is InChI=1S/C13H17N3O3/c1-13(2,3)19-12(17)16-6-8-4-10(16)9-5-14-7-15-11(9)18-8/h5,7-8,10H,4,6H2,1-3H3/t8-,10-/m0/s1. The van der Waals surface area contributed by atoms with E-state index in [0.29, 0.717) is 12.4 Å². The molecule has 3 rings (SSSR count). The molecule has 1 fully saturated rings. The second kappa shape index (κ2) is 4.08. The van der Waals surface area contributed by atoms with E-state index in [1.54, 1.807) is 11.1 Å². The molecule has 1 saturated heterocycles. The van der Waals surface area contributed by atoms with Crippen molar-refractivity contribution in [1.29, 1.82) is 0 Å². The summed E-state index contributed by atoms with van der Waals surface area (Å²) in [5.41, 5.74) is 0.368. The Labute approximate surface area is 111 Å². The molecule has 0 radical (unpaired) electrons. The molecule has 1 aromatic heterocycles. The lowest BCUT2D eigenvalue weighted by Crippen LogP contribution is -2.36. The van der Waals surface area contributed by atoms with Crippen molar-refractivity contribution in [2.45, 2.75) is 44.9 Å². The van der Waals surface area contributed by atoms with Crippen molar-refractivity contribution < 1.29 is 14.3 Å². The van der Waals surface area contributed by atoms with E-state index in [4.69, 9.17) is 9.47 Å². The minimum absolute atomic E-state index is 0.0000756. The normalized spacial score (nSPS) is 24.7. The third kappa shape index (κ3) is 2.22. The van der Waals surface area contributed by atoms with Gasteiger partial charge >= 0.3 is 6.09 Å². The number of amides is 1. The Balaban J connectivity index is 1.85. The van der Waals surface area contributed by atoms with Crippen molar-refractivity contribution in [1.82, 2.24) is 14.9 Å². The zero-order valence-electron chi connectivity index (χ0n) is 11.3. The lowest BCUT2D eigenvalue weighted by molar-refractivity contribution is 0.0222. The number of carbonyl (C=O) groups is 1. The maximum Gasteiger partial charge on any atom is 0.410 e. The van der Waals surface area contributed by atoms with Gasteiger partial charge in [-0.15, -0.1) is 0 Å². The summed E-state index contributed by atoms with van der Waals surface area (Å²) >= 11 is 0. The zero-order valence-corrected chi connectivity index (χ0v) is 11.3. The fourth-order valence-corrected chi connectivity index (χ4v) is 2.51. The minimum atomic E-state index is -0.495. The van der Waals surface area contributed by atoms with Gasteiger partial charge in [-0.25, -0.2) is 14.8 Å². The van der Waals surface area contributed by atoms with Crippen molar-refractivity contribution in [3.63, 3.8) is 0 Å². The van der Waals surface area contributed by atoms with Crippen LogP contribution in [0.2, 0.25) is 0 Å². The number of nitrogens with zero attached hydrogens (tertiary/aromatic N) is 3. The largest absolute Gasteiger partial charge is 0.472 e. The molecule has 2 aliphatic rings. The summed E-state index contributed by atoms with van der Waals surface area (Å²) in [7, 11) is 0. The fraction of sp³-hybridized carbons (Fsp3) is 0.615. The van der Waals surface area contributed by atoms with Crippen LogP contribution in [-0.2, 0) is 4.74 Å². The molecule has 1 aromatic rings. The van der Waals surface area contributed by atoms with Gasteiger partial charge in [-0.05, 0) is 20.8 Å². The monoisotopic (exact) mass is 263 g/mol. The molecule has 2 bridgehead atoms. The van der Waals surface area contributed by atoms with E-state index >= 15 is 0 Å². The third-order valence-electron chi connectivity index (χ3n) is 3.23. The summed E-state index contributed by atoms with van der Waals surface area (Å²) in [6.45, 7) is 6.12. The predicted molar refractivity (Wildman–Crippen MR) is 66.7 cm³/mol. The summed E-state index contributed by atoms with van der Waals surface area (Å²) in [6, 6.07) is -0.0372. The molecule has 0 unspecified atom stereocenters. The Bertz CT molecular complexity index is 512. The van der Waals surface area contributed by atoms with Gasteiger partial charge in [-0.2, -0.15) is 0 Å². The second-order valence-corrected chi connectivity index (χ2v) is 5.91. The molecule has 6 nitrogen and oxygen atoms in total. The van der Waals surface area contributed by atoms with Crippen LogP contribution in [0, 0.1) is 0 Å². The summed E-state index contributed by atoms with van der Waals surface area (Å²) < 4.78 is 11.2. The first kappa shape index (κ1) is 12.2. The number of rotatable bonds is 0. The summed E-state index contributed by atoms with van der Waals surface area (Å²) in [4.78, 5) is 22.1. The molecule has 3 heterocycles. The summed E-state index contributed by atoms with van der Waals surface area (Å²) in [5, 5.41) is 0. The average Bonchev–Trinajstić information content (AvgIpc) is 2.66. The second-order valence-electron chi connectivity index (χ2n) is 5.91. The van der Waals surface area contributed by atoms with Crippen LogP contribution in [0.1, 0.15) is 38.8 Å². The number of hydrogen-bond acceptors (Lipinski definition) is 5. The van der Waals surface area contributed by atoms with Crippen LogP contribution >= 0.6 is 0 Å². The van der Waals surface area contributed by atoms with Gasteiger partial charge in [0, 0.05) is 12.6 Å². The van der Waals surface area contributed by atoms with Crippen LogP contribution in [-0.4, -0.2) is 39.2 Å². The van der Waals surface area contributed by atoms with E-state index in [2.05, 4.69) is 9.97 Å². The van der Waals surface area contributed by atoms with E-state index in [9.17, 15) is 4.79 Å². The molecular weight excluding hydrogens is 246 g/mol. The molecule has 102 valence electrons. The van der Waals surface area contributed by atoms with Crippen molar-refractivity contribution in [2.75, 3.05) is 6.54 Å². The first-order chi connectivity index (χ1) is 8.94. The van der Waals surface area contributed by atoms with E-state index in [0.717, 1.165) is 12.0 Å². The molecule has 2 atom stereocenters. The van der Waals surface area contributed by atoms with E-state index in [1.165, 1.54) is 6.33 Å². The smallest absolute Gasteiger partial charge is 0.410 e. The molecule has 0 saturated carbocycles. The highest BCUT2D eigenvalue weighted by Gasteiger charge is 2.44. The zero-order chi connectivity index (χ0) is 13.6. The molecule has 0 aliphatic carbocycles. The van der Waals surface area contributed by atoms with Crippen molar-refractivity contribution in [2.24, 2.45) is 0 Å². The molecule has 19 heavy (non-hydrogen) atoms. The van der Waals surface area contributed by atoms with Gasteiger partial charge in [-0.3, -0.25) is 4.90 Å². The highest BCUT2D eigenvalue weighted by molar-refractivity contribution is 5.70. The van der Waals surface area contributed by atoms with Gasteiger partial charge in [0.05, 0.1) is 18.2 Å². The highest BCUT2D eigenvalue weighted by atomic mass is 16.6. The molecule has 0 aromatic carbocycles. The summed E-state index contributed by atoms with van der Waals surface area (Å²) in [6.07, 6.45) is 3.65. The Morgan fingerprint density at radius 3 is 3.05 bits per heavy atom. The van der Waals surface area contributed by atoms with E-state index in [1.807, 2.05) is 20.8 Å². The maximum atomic E-state index is 12.2. The van der Waals surface area contributed by atoms with Crippen molar-refractivity contribution in [3.8, 4) is 5.88 Å². The maximum absolute atomic E-state index is 12.2. The Kier molecular flexibility index (Phi) is 2.62. The Morgan fingerprint density at radius 2 is 2.32 bits per heavy atom. The van der Waals surface area contributed by atoms with Crippen molar-refractivity contribution in [3.05, 3.63) is 18.1 Å². The Hall–Kier alpha value is -1.85. The number of aromatic nitrogens is 2. The molecule has 2 aliphatic heterocycles. The quantitative estimate of drug-likeness (QED) is 0.715. The number of fused-ring (bicyclic) bond motifs is 4. The first-order valence-corrected chi connectivity index (χ1v) is 6.40.